The number of nitrogens with zero attached hydrogens (tertiary/aromatic N) is 1. The number of amides is 2. The number of hydrogen-bond donors (Lipinski definition) is 2. The van der Waals surface area contributed by atoms with Crippen LogP contribution < -0.4 is 10.6 Å². The lowest BCUT2D eigenvalue weighted by Gasteiger charge is -2.28. The molecule has 1 aromatic carbocycles. The summed E-state index contributed by atoms with van der Waals surface area (Å²) in [7, 11) is 0. The van der Waals surface area contributed by atoms with E-state index in [-0.39, 0.29) is 24.2 Å². The van der Waals surface area contributed by atoms with Gasteiger partial charge in [0.05, 0.1) is 6.42 Å². The third-order valence-electron chi connectivity index (χ3n) is 8.10. The molecule has 1 fully saturated rings. The van der Waals surface area contributed by atoms with E-state index in [1.165, 1.54) is 19.3 Å². The SMILES string of the molecule is CC(C)(C)OC(=O)C[C@@H](CC1CCCCC1)C(=O)NC1Cc2cn(c3ccccc23)CCCCCCNC1=O. The number of aromatic nitrogens is 1. The van der Waals surface area contributed by atoms with Gasteiger partial charge in [0.25, 0.3) is 0 Å². The zero-order valence-electron chi connectivity index (χ0n) is 24.1. The van der Waals surface area contributed by atoms with Gasteiger partial charge < -0.3 is 19.9 Å². The van der Waals surface area contributed by atoms with Crippen molar-refractivity contribution < 1.29 is 19.1 Å². The average Bonchev–Trinajstić information content (AvgIpc) is 3.24. The highest BCUT2D eigenvalue weighted by molar-refractivity contribution is 5.91. The summed E-state index contributed by atoms with van der Waals surface area (Å²) in [6, 6.07) is 7.58. The number of ether oxygens (including phenoxy) is 1. The van der Waals surface area contributed by atoms with Gasteiger partial charge in [-0.15, -0.1) is 0 Å². The van der Waals surface area contributed by atoms with Crippen LogP contribution in [-0.2, 0) is 32.1 Å². The predicted octanol–water partition coefficient (Wildman–Crippen LogP) is 5.68. The van der Waals surface area contributed by atoms with Gasteiger partial charge in [-0.05, 0) is 57.6 Å². The van der Waals surface area contributed by atoms with Gasteiger partial charge >= 0.3 is 5.97 Å². The van der Waals surface area contributed by atoms with Gasteiger partial charge in [0.1, 0.15) is 11.6 Å². The van der Waals surface area contributed by atoms with Crippen molar-refractivity contribution in [2.24, 2.45) is 11.8 Å². The molecule has 0 saturated heterocycles. The first-order valence-electron chi connectivity index (χ1n) is 15.1. The number of esters is 1. The Labute approximate surface area is 233 Å². The molecule has 1 aromatic heterocycles. The van der Waals surface area contributed by atoms with Crippen LogP contribution in [0.25, 0.3) is 10.9 Å². The number of para-hydroxylation sites is 1. The van der Waals surface area contributed by atoms with Crippen LogP contribution in [0.2, 0.25) is 0 Å². The number of hydrogen-bond acceptors (Lipinski definition) is 4. The molecule has 2 atom stereocenters. The van der Waals surface area contributed by atoms with Crippen molar-refractivity contribution >= 4 is 28.7 Å². The second-order valence-corrected chi connectivity index (χ2v) is 12.6. The molecule has 0 radical (unpaired) electrons. The lowest BCUT2D eigenvalue weighted by Crippen LogP contribution is -2.50. The monoisotopic (exact) mass is 537 g/mol. The van der Waals surface area contributed by atoms with Crippen LogP contribution in [0.1, 0.15) is 97.0 Å². The molecule has 2 heterocycles. The normalized spacial score (nSPS) is 20.7. The molecule has 7 heteroatoms. The van der Waals surface area contributed by atoms with Crippen molar-refractivity contribution in [2.75, 3.05) is 6.54 Å². The summed E-state index contributed by atoms with van der Waals surface area (Å²) in [6.07, 6.45) is 13.2. The lowest BCUT2D eigenvalue weighted by molar-refractivity contribution is -0.157. The van der Waals surface area contributed by atoms with Crippen LogP contribution in [0.5, 0.6) is 0 Å². The summed E-state index contributed by atoms with van der Waals surface area (Å²) in [4.78, 5) is 40.0. The first-order chi connectivity index (χ1) is 18.7. The molecule has 2 aliphatic rings. The molecular weight excluding hydrogens is 490 g/mol. The highest BCUT2D eigenvalue weighted by Crippen LogP contribution is 2.31. The third kappa shape index (κ3) is 8.58. The maximum Gasteiger partial charge on any atom is 0.307 e. The Kier molecular flexibility index (Phi) is 10.1. The molecule has 2 bridgehead atoms. The average molecular weight is 538 g/mol. The molecule has 4 rings (SSSR count). The Balaban J connectivity index is 1.56. The van der Waals surface area contributed by atoms with Crippen molar-refractivity contribution in [3.8, 4) is 0 Å². The van der Waals surface area contributed by atoms with Crippen LogP contribution >= 0.6 is 0 Å². The van der Waals surface area contributed by atoms with Crippen molar-refractivity contribution in [1.82, 2.24) is 15.2 Å². The molecule has 2 aromatic rings. The van der Waals surface area contributed by atoms with Gasteiger partial charge in [0.15, 0.2) is 0 Å². The topological polar surface area (TPSA) is 89.4 Å². The van der Waals surface area contributed by atoms with Gasteiger partial charge in [-0.1, -0.05) is 63.1 Å². The summed E-state index contributed by atoms with van der Waals surface area (Å²) in [5.74, 6) is -0.834. The molecule has 39 heavy (non-hydrogen) atoms. The zero-order chi connectivity index (χ0) is 27.8. The molecular formula is C32H47N3O4. The Bertz CT molecular complexity index is 1130. The number of carbonyl (C=O) groups excluding carboxylic acids is 3. The molecule has 1 aliphatic carbocycles. The molecule has 2 N–H and O–H groups in total. The van der Waals surface area contributed by atoms with Crippen molar-refractivity contribution in [2.45, 2.75) is 116 Å². The van der Waals surface area contributed by atoms with Crippen LogP contribution in [0.15, 0.2) is 30.5 Å². The Morgan fingerprint density at radius 1 is 1.05 bits per heavy atom. The van der Waals surface area contributed by atoms with E-state index in [1.807, 2.05) is 32.9 Å². The van der Waals surface area contributed by atoms with Gasteiger partial charge in [-0.2, -0.15) is 0 Å². The summed E-state index contributed by atoms with van der Waals surface area (Å²) >= 11 is 0. The highest BCUT2D eigenvalue weighted by atomic mass is 16.6. The number of nitrogens with one attached hydrogen (secondary N) is 2. The van der Waals surface area contributed by atoms with E-state index < -0.39 is 17.6 Å². The fourth-order valence-corrected chi connectivity index (χ4v) is 6.18. The van der Waals surface area contributed by atoms with Crippen LogP contribution in [-0.4, -0.2) is 40.5 Å². The van der Waals surface area contributed by atoms with E-state index in [0.717, 1.165) is 61.5 Å². The van der Waals surface area contributed by atoms with E-state index in [4.69, 9.17) is 4.74 Å². The third-order valence-corrected chi connectivity index (χ3v) is 8.10. The molecule has 1 aliphatic heterocycles. The van der Waals surface area contributed by atoms with E-state index in [2.05, 4.69) is 33.5 Å². The van der Waals surface area contributed by atoms with Crippen molar-refractivity contribution in [1.29, 1.82) is 0 Å². The van der Waals surface area contributed by atoms with E-state index in [1.54, 1.807) is 0 Å². The number of benzene rings is 1. The number of aryl methyl sites for hydroxylation is 1. The molecule has 0 spiro atoms. The minimum absolute atomic E-state index is 0.0350. The molecule has 7 nitrogen and oxygen atoms in total. The highest BCUT2D eigenvalue weighted by Gasteiger charge is 2.32. The molecule has 214 valence electrons. The van der Waals surface area contributed by atoms with Gasteiger partial charge in [-0.25, -0.2) is 0 Å². The second-order valence-electron chi connectivity index (χ2n) is 12.6. The zero-order valence-corrected chi connectivity index (χ0v) is 24.1. The Morgan fingerprint density at radius 3 is 2.54 bits per heavy atom. The van der Waals surface area contributed by atoms with Gasteiger partial charge in [0.2, 0.25) is 11.8 Å². The molecule has 1 saturated carbocycles. The Morgan fingerprint density at radius 2 is 1.77 bits per heavy atom. The summed E-state index contributed by atoms with van der Waals surface area (Å²) in [5.41, 5.74) is 1.61. The van der Waals surface area contributed by atoms with E-state index >= 15 is 0 Å². The molecule has 1 unspecified atom stereocenters. The van der Waals surface area contributed by atoms with Crippen LogP contribution in [0.4, 0.5) is 0 Å². The predicted molar refractivity (Wildman–Crippen MR) is 154 cm³/mol. The first kappa shape index (κ1) is 29.2. The maximum absolute atomic E-state index is 13.8. The maximum atomic E-state index is 13.8. The number of fused-ring (bicyclic) bond motifs is 5. The van der Waals surface area contributed by atoms with Gasteiger partial charge in [0, 0.05) is 42.5 Å². The summed E-state index contributed by atoms with van der Waals surface area (Å²) in [5, 5.41) is 7.27. The van der Waals surface area contributed by atoms with Crippen molar-refractivity contribution in [3.63, 3.8) is 0 Å². The van der Waals surface area contributed by atoms with E-state index in [9.17, 15) is 14.4 Å². The Hall–Kier alpha value is -2.83. The largest absolute Gasteiger partial charge is 0.460 e. The minimum atomic E-state index is -0.704. The fourth-order valence-electron chi connectivity index (χ4n) is 6.18. The molecule has 2 amide bonds. The van der Waals surface area contributed by atoms with E-state index in [0.29, 0.717) is 25.3 Å². The number of carbonyl (C=O) groups is 3. The quantitative estimate of drug-likeness (QED) is 0.464. The standard InChI is InChI=1S/C32H47N3O4/c1-32(2,3)39-29(36)21-24(19-23-13-7-6-8-14-23)30(37)34-27-20-25-22-35(28-16-10-9-15-26(25)28)18-12-5-4-11-17-33-31(27)38/h9-10,15-16,22-24,27H,4-8,11-14,17-21H2,1-3H3,(H,33,38)(H,34,37)/t24-,27?/m1/s1. The lowest BCUT2D eigenvalue weighted by atomic mass is 9.81. The second kappa shape index (κ2) is 13.5. The minimum Gasteiger partial charge on any atom is -0.460 e. The fraction of sp³-hybridized carbons (Fsp3) is 0.656. The van der Waals surface area contributed by atoms with Crippen LogP contribution in [0.3, 0.4) is 0 Å². The van der Waals surface area contributed by atoms with Crippen molar-refractivity contribution in [3.05, 3.63) is 36.0 Å². The summed E-state index contributed by atoms with van der Waals surface area (Å²) < 4.78 is 7.87. The van der Waals surface area contributed by atoms with Crippen LogP contribution in [0, 0.1) is 11.8 Å². The first-order valence-corrected chi connectivity index (χ1v) is 15.1. The number of rotatable bonds is 6. The van der Waals surface area contributed by atoms with Gasteiger partial charge in [-0.3, -0.25) is 14.4 Å². The summed E-state index contributed by atoms with van der Waals surface area (Å²) in [6.45, 7) is 7.07. The smallest absolute Gasteiger partial charge is 0.307 e.